The third-order valence-electron chi connectivity index (χ3n) is 3.02. The fourth-order valence-corrected chi connectivity index (χ4v) is 2.52. The average Bonchev–Trinajstić information content (AvgIpc) is 2.37. The van der Waals surface area contributed by atoms with Crippen molar-refractivity contribution < 1.29 is 17.6 Å². The van der Waals surface area contributed by atoms with Crippen LogP contribution in [0.2, 0.25) is 0 Å². The topological polar surface area (TPSA) is 26.0 Å². The Labute approximate surface area is 127 Å². The second-order valence-electron chi connectivity index (χ2n) is 4.71. The summed E-state index contributed by atoms with van der Waals surface area (Å²) in [5.41, 5.74) is 6.22. The van der Waals surface area contributed by atoms with Crippen molar-refractivity contribution in [2.75, 3.05) is 0 Å². The summed E-state index contributed by atoms with van der Waals surface area (Å²) >= 11 is 3.16. The van der Waals surface area contributed by atoms with Crippen LogP contribution in [0.5, 0.6) is 0 Å². The average molecular weight is 362 g/mol. The van der Waals surface area contributed by atoms with E-state index in [1.54, 1.807) is 12.1 Å². The fraction of sp³-hybridized carbons (Fsp3) is 0.200. The Morgan fingerprint density at radius 1 is 1.10 bits per heavy atom. The van der Waals surface area contributed by atoms with E-state index in [2.05, 4.69) is 15.9 Å². The van der Waals surface area contributed by atoms with Gasteiger partial charge >= 0.3 is 6.18 Å². The van der Waals surface area contributed by atoms with Crippen molar-refractivity contribution in [3.63, 3.8) is 0 Å². The molecule has 0 aliphatic rings. The van der Waals surface area contributed by atoms with Gasteiger partial charge in [-0.05, 0) is 41.8 Å². The van der Waals surface area contributed by atoms with Gasteiger partial charge in [0, 0.05) is 10.5 Å². The highest BCUT2D eigenvalue weighted by atomic mass is 79.9. The minimum absolute atomic E-state index is 0.194. The van der Waals surface area contributed by atoms with E-state index in [0.717, 1.165) is 12.1 Å². The summed E-state index contributed by atoms with van der Waals surface area (Å²) < 4.78 is 51.8. The van der Waals surface area contributed by atoms with Gasteiger partial charge in [0.05, 0.1) is 5.56 Å². The largest absolute Gasteiger partial charge is 0.416 e. The van der Waals surface area contributed by atoms with E-state index in [0.29, 0.717) is 15.6 Å². The normalized spacial score (nSPS) is 13.2. The predicted octanol–water partition coefficient (Wildman–Crippen LogP) is 4.85. The standard InChI is InChI=1S/C15H12BrF4N/c16-12-6-10(7-13(17)8-12)14(21)5-9-2-1-3-11(4-9)15(18,19)20/h1-4,6-8,14H,5,21H2. The molecule has 1 atom stereocenters. The molecule has 112 valence electrons. The summed E-state index contributed by atoms with van der Waals surface area (Å²) in [6.07, 6.45) is -4.19. The molecule has 2 rings (SSSR count). The second-order valence-corrected chi connectivity index (χ2v) is 5.63. The van der Waals surface area contributed by atoms with Crippen LogP contribution < -0.4 is 5.73 Å². The molecule has 0 aliphatic carbocycles. The van der Waals surface area contributed by atoms with E-state index < -0.39 is 23.6 Å². The van der Waals surface area contributed by atoms with Gasteiger partial charge in [0.2, 0.25) is 0 Å². The number of rotatable bonds is 3. The van der Waals surface area contributed by atoms with Crippen LogP contribution in [0, 0.1) is 5.82 Å². The van der Waals surface area contributed by atoms with Crippen molar-refractivity contribution in [1.82, 2.24) is 0 Å². The summed E-state index contributed by atoms with van der Waals surface area (Å²) in [5, 5.41) is 0. The smallest absolute Gasteiger partial charge is 0.324 e. The molecule has 2 aromatic rings. The molecule has 0 bridgehead atoms. The molecule has 1 unspecified atom stereocenters. The van der Waals surface area contributed by atoms with Crippen LogP contribution in [0.1, 0.15) is 22.7 Å². The molecule has 2 aromatic carbocycles. The van der Waals surface area contributed by atoms with Crippen LogP contribution >= 0.6 is 15.9 Å². The Bertz CT molecular complexity index is 620. The van der Waals surface area contributed by atoms with Gasteiger partial charge in [0.25, 0.3) is 0 Å². The van der Waals surface area contributed by atoms with Gasteiger partial charge in [-0.2, -0.15) is 13.2 Å². The maximum absolute atomic E-state index is 13.3. The van der Waals surface area contributed by atoms with E-state index in [9.17, 15) is 17.6 Å². The highest BCUT2D eigenvalue weighted by molar-refractivity contribution is 9.10. The van der Waals surface area contributed by atoms with E-state index in [4.69, 9.17) is 5.73 Å². The molecule has 0 fully saturated rings. The van der Waals surface area contributed by atoms with Crippen LogP contribution in [-0.2, 0) is 12.6 Å². The van der Waals surface area contributed by atoms with Gasteiger partial charge in [-0.15, -0.1) is 0 Å². The molecule has 0 aromatic heterocycles. The van der Waals surface area contributed by atoms with Gasteiger partial charge in [-0.25, -0.2) is 4.39 Å². The molecule has 21 heavy (non-hydrogen) atoms. The number of halogens is 5. The highest BCUT2D eigenvalue weighted by Gasteiger charge is 2.30. The molecule has 0 radical (unpaired) electrons. The maximum atomic E-state index is 13.3. The quantitative estimate of drug-likeness (QED) is 0.777. The van der Waals surface area contributed by atoms with Crippen LogP contribution in [0.4, 0.5) is 17.6 Å². The van der Waals surface area contributed by atoms with Crippen molar-refractivity contribution in [1.29, 1.82) is 0 Å². The van der Waals surface area contributed by atoms with Crippen LogP contribution in [-0.4, -0.2) is 0 Å². The number of benzene rings is 2. The molecule has 6 heteroatoms. The van der Waals surface area contributed by atoms with Gasteiger partial charge in [-0.3, -0.25) is 0 Å². The van der Waals surface area contributed by atoms with Crippen molar-refractivity contribution in [3.05, 3.63) is 69.4 Å². The molecular formula is C15H12BrF4N. The minimum Gasteiger partial charge on any atom is -0.324 e. The molecule has 0 saturated carbocycles. The lowest BCUT2D eigenvalue weighted by molar-refractivity contribution is -0.137. The van der Waals surface area contributed by atoms with Crippen molar-refractivity contribution in [2.24, 2.45) is 5.73 Å². The zero-order valence-corrected chi connectivity index (χ0v) is 12.4. The van der Waals surface area contributed by atoms with E-state index in [-0.39, 0.29) is 6.42 Å². The van der Waals surface area contributed by atoms with Gasteiger partial charge < -0.3 is 5.73 Å². The summed E-state index contributed by atoms with van der Waals surface area (Å²) in [6, 6.07) is 8.63. The first kappa shape index (κ1) is 16.0. The monoisotopic (exact) mass is 361 g/mol. The number of hydrogen-bond donors (Lipinski definition) is 1. The molecule has 0 heterocycles. The van der Waals surface area contributed by atoms with Gasteiger partial charge in [-0.1, -0.05) is 34.1 Å². The highest BCUT2D eigenvalue weighted by Crippen LogP contribution is 2.30. The number of hydrogen-bond acceptors (Lipinski definition) is 1. The molecule has 0 spiro atoms. The molecule has 0 amide bonds. The van der Waals surface area contributed by atoms with Crippen LogP contribution in [0.15, 0.2) is 46.9 Å². The zero-order chi connectivity index (χ0) is 15.6. The van der Waals surface area contributed by atoms with Crippen molar-refractivity contribution >= 4 is 15.9 Å². The Morgan fingerprint density at radius 2 is 1.81 bits per heavy atom. The number of alkyl halides is 3. The van der Waals surface area contributed by atoms with Gasteiger partial charge in [0.15, 0.2) is 0 Å². The molecule has 0 saturated heterocycles. The summed E-state index contributed by atoms with van der Waals surface area (Å²) in [6.45, 7) is 0. The lowest BCUT2D eigenvalue weighted by Gasteiger charge is -2.14. The van der Waals surface area contributed by atoms with Crippen molar-refractivity contribution in [3.8, 4) is 0 Å². The van der Waals surface area contributed by atoms with Gasteiger partial charge in [0.1, 0.15) is 5.82 Å². The van der Waals surface area contributed by atoms with E-state index in [1.807, 2.05) is 0 Å². The molecule has 0 aliphatic heterocycles. The third kappa shape index (κ3) is 4.28. The Hall–Kier alpha value is -1.40. The number of nitrogens with two attached hydrogens (primary N) is 1. The van der Waals surface area contributed by atoms with E-state index >= 15 is 0 Å². The minimum atomic E-state index is -4.39. The predicted molar refractivity (Wildman–Crippen MR) is 76.2 cm³/mol. The summed E-state index contributed by atoms with van der Waals surface area (Å²) in [7, 11) is 0. The maximum Gasteiger partial charge on any atom is 0.416 e. The van der Waals surface area contributed by atoms with Crippen molar-refractivity contribution in [2.45, 2.75) is 18.6 Å². The second kappa shape index (κ2) is 6.15. The Balaban J connectivity index is 2.21. The lowest BCUT2D eigenvalue weighted by atomic mass is 9.98. The first-order chi connectivity index (χ1) is 9.75. The third-order valence-corrected chi connectivity index (χ3v) is 3.48. The summed E-state index contributed by atoms with van der Waals surface area (Å²) in [5.74, 6) is -0.445. The van der Waals surface area contributed by atoms with Crippen LogP contribution in [0.25, 0.3) is 0 Å². The van der Waals surface area contributed by atoms with Crippen LogP contribution in [0.3, 0.4) is 0 Å². The van der Waals surface area contributed by atoms with E-state index in [1.165, 1.54) is 18.2 Å². The Morgan fingerprint density at radius 3 is 2.43 bits per heavy atom. The first-order valence-electron chi connectivity index (χ1n) is 6.13. The molecule has 1 nitrogen and oxygen atoms in total. The summed E-state index contributed by atoms with van der Waals surface area (Å²) in [4.78, 5) is 0. The Kier molecular flexibility index (Phi) is 4.68. The SMILES string of the molecule is NC(Cc1cccc(C(F)(F)F)c1)c1cc(F)cc(Br)c1. The first-order valence-corrected chi connectivity index (χ1v) is 6.93. The fourth-order valence-electron chi connectivity index (χ4n) is 2.04. The molecule has 2 N–H and O–H groups in total. The lowest BCUT2D eigenvalue weighted by Crippen LogP contribution is -2.14. The zero-order valence-electron chi connectivity index (χ0n) is 10.8. The molecular weight excluding hydrogens is 350 g/mol.